The first-order chi connectivity index (χ1) is 5.18. The van der Waals surface area contributed by atoms with Gasteiger partial charge in [0, 0.05) is 13.0 Å². The van der Waals surface area contributed by atoms with E-state index in [0.29, 0.717) is 13.0 Å². The third kappa shape index (κ3) is 2.24. The summed E-state index contributed by atoms with van der Waals surface area (Å²) < 4.78 is 0. The molecule has 60 valence electrons. The van der Waals surface area contributed by atoms with Crippen LogP contribution in [0.2, 0.25) is 0 Å². The first kappa shape index (κ1) is 7.52. The summed E-state index contributed by atoms with van der Waals surface area (Å²) in [6.45, 7) is 0.429. The number of carbonyl (C=O) groups is 2. The van der Waals surface area contributed by atoms with Crippen molar-refractivity contribution in [1.82, 2.24) is 10.6 Å². The van der Waals surface area contributed by atoms with Crippen molar-refractivity contribution in [2.24, 2.45) is 4.99 Å². The van der Waals surface area contributed by atoms with Crippen molar-refractivity contribution in [3.8, 4) is 0 Å². The van der Waals surface area contributed by atoms with Gasteiger partial charge in [0.2, 0.25) is 0 Å². The molecule has 1 aliphatic rings. The van der Waals surface area contributed by atoms with Crippen LogP contribution in [0.15, 0.2) is 4.99 Å². The van der Waals surface area contributed by atoms with Gasteiger partial charge in [0.15, 0.2) is 0 Å². The highest BCUT2D eigenvalue weighted by molar-refractivity contribution is 6.02. The van der Waals surface area contributed by atoms with Crippen molar-refractivity contribution in [3.05, 3.63) is 0 Å². The fraction of sp³-hybridized carbons (Fsp3) is 0.400. The maximum absolute atomic E-state index is 10.5. The summed E-state index contributed by atoms with van der Waals surface area (Å²) in [5.74, 6) is 0.196. The topological polar surface area (TPSA) is 90.8 Å². The summed E-state index contributed by atoms with van der Waals surface area (Å²) >= 11 is 0. The van der Waals surface area contributed by atoms with Crippen molar-refractivity contribution >= 4 is 18.0 Å². The molecule has 0 atom stereocenters. The summed E-state index contributed by atoms with van der Waals surface area (Å²) in [6.07, 6.45) is -0.767. The molecule has 1 heterocycles. The van der Waals surface area contributed by atoms with E-state index in [0.717, 1.165) is 0 Å². The lowest BCUT2D eigenvalue weighted by Gasteiger charge is -2.10. The minimum Gasteiger partial charge on any atom is -0.465 e. The van der Waals surface area contributed by atoms with Crippen LogP contribution in [-0.4, -0.2) is 29.6 Å². The van der Waals surface area contributed by atoms with E-state index >= 15 is 0 Å². The minimum atomic E-state index is -1.20. The van der Waals surface area contributed by atoms with Gasteiger partial charge in [-0.2, -0.15) is 4.99 Å². The number of aliphatic imine (C=N–C) groups is 1. The number of carboxylic acid groups (broad SMARTS) is 1. The van der Waals surface area contributed by atoms with E-state index in [-0.39, 0.29) is 5.84 Å². The molecule has 0 aromatic heterocycles. The highest BCUT2D eigenvalue weighted by atomic mass is 16.4. The molecule has 11 heavy (non-hydrogen) atoms. The molecule has 0 aromatic rings. The van der Waals surface area contributed by atoms with Crippen LogP contribution in [0.25, 0.3) is 0 Å². The van der Waals surface area contributed by atoms with E-state index < -0.39 is 12.1 Å². The van der Waals surface area contributed by atoms with Crippen LogP contribution in [0.4, 0.5) is 9.59 Å². The van der Waals surface area contributed by atoms with Crippen LogP contribution >= 0.6 is 0 Å². The summed E-state index contributed by atoms with van der Waals surface area (Å²) in [6, 6.07) is -0.500. The third-order valence-electron chi connectivity index (χ3n) is 1.13. The molecule has 0 fully saturated rings. The smallest absolute Gasteiger partial charge is 0.410 e. The Hall–Kier alpha value is -1.59. The van der Waals surface area contributed by atoms with E-state index in [4.69, 9.17) is 5.11 Å². The Morgan fingerprint density at radius 3 is 3.00 bits per heavy atom. The number of urea groups is 1. The predicted molar refractivity (Wildman–Crippen MR) is 36.6 cm³/mol. The van der Waals surface area contributed by atoms with Crippen LogP contribution in [0, 0.1) is 0 Å². The van der Waals surface area contributed by atoms with Crippen molar-refractivity contribution in [3.63, 3.8) is 0 Å². The zero-order chi connectivity index (χ0) is 8.27. The molecule has 0 spiro atoms. The molecule has 3 amide bonds. The maximum atomic E-state index is 10.5. The molecule has 1 rings (SSSR count). The van der Waals surface area contributed by atoms with Gasteiger partial charge < -0.3 is 10.4 Å². The molecular weight excluding hydrogens is 150 g/mol. The quantitative estimate of drug-likeness (QED) is 0.453. The number of carbonyl (C=O) groups excluding carboxylic acids is 1. The van der Waals surface area contributed by atoms with Gasteiger partial charge in [0.05, 0.1) is 0 Å². The molecule has 0 unspecified atom stereocenters. The van der Waals surface area contributed by atoms with Crippen molar-refractivity contribution in [2.45, 2.75) is 6.42 Å². The Bertz CT molecular complexity index is 223. The third-order valence-corrected chi connectivity index (χ3v) is 1.13. The van der Waals surface area contributed by atoms with Gasteiger partial charge >= 0.3 is 12.1 Å². The van der Waals surface area contributed by atoms with E-state index in [1.54, 1.807) is 0 Å². The highest BCUT2D eigenvalue weighted by Gasteiger charge is 2.11. The molecule has 3 N–H and O–H groups in total. The molecule has 0 saturated heterocycles. The lowest BCUT2D eigenvalue weighted by Crippen LogP contribution is -2.38. The van der Waals surface area contributed by atoms with Crippen molar-refractivity contribution < 1.29 is 14.7 Å². The molecule has 6 nitrogen and oxygen atoms in total. The maximum Gasteiger partial charge on any atom is 0.410 e. The largest absolute Gasteiger partial charge is 0.465 e. The van der Waals surface area contributed by atoms with Gasteiger partial charge in [-0.3, -0.25) is 5.32 Å². The van der Waals surface area contributed by atoms with E-state index in [1.807, 2.05) is 5.32 Å². The van der Waals surface area contributed by atoms with Crippen LogP contribution in [0.3, 0.4) is 0 Å². The Morgan fingerprint density at radius 1 is 1.73 bits per heavy atom. The monoisotopic (exact) mass is 157 g/mol. The Morgan fingerprint density at radius 2 is 2.45 bits per heavy atom. The highest BCUT2D eigenvalue weighted by Crippen LogP contribution is 1.90. The number of hydrogen-bond acceptors (Lipinski definition) is 2. The van der Waals surface area contributed by atoms with Gasteiger partial charge in [-0.05, 0) is 0 Å². The molecule has 6 heteroatoms. The van der Waals surface area contributed by atoms with Crippen LogP contribution in [0.5, 0.6) is 0 Å². The van der Waals surface area contributed by atoms with Gasteiger partial charge in [-0.25, -0.2) is 9.59 Å². The minimum absolute atomic E-state index is 0.196. The number of nitrogens with zero attached hydrogens (tertiary/aromatic N) is 1. The van der Waals surface area contributed by atoms with Gasteiger partial charge in [0.25, 0.3) is 0 Å². The summed E-state index contributed by atoms with van der Waals surface area (Å²) in [7, 11) is 0. The Kier molecular flexibility index (Phi) is 2.05. The zero-order valence-electron chi connectivity index (χ0n) is 5.63. The van der Waals surface area contributed by atoms with Gasteiger partial charge in [0.1, 0.15) is 5.84 Å². The lowest BCUT2D eigenvalue weighted by molar-refractivity contribution is 0.200. The van der Waals surface area contributed by atoms with Crippen molar-refractivity contribution in [2.75, 3.05) is 6.54 Å². The number of amidine groups is 1. The lowest BCUT2D eigenvalue weighted by atomic mass is 10.3. The van der Waals surface area contributed by atoms with Gasteiger partial charge in [-0.15, -0.1) is 0 Å². The second-order valence-electron chi connectivity index (χ2n) is 1.97. The normalized spacial score (nSPS) is 16.7. The Labute approximate surface area is 62.3 Å². The molecule has 0 bridgehead atoms. The molecule has 0 radical (unpaired) electrons. The summed E-state index contributed by atoms with van der Waals surface area (Å²) in [5, 5.41) is 12.7. The number of nitrogens with one attached hydrogen (secondary N) is 2. The molecule has 1 aliphatic heterocycles. The fourth-order valence-electron chi connectivity index (χ4n) is 0.720. The summed E-state index contributed by atoms with van der Waals surface area (Å²) in [4.78, 5) is 24.0. The van der Waals surface area contributed by atoms with Gasteiger partial charge in [-0.1, -0.05) is 0 Å². The Balaban J connectivity index is 2.56. The second-order valence-corrected chi connectivity index (χ2v) is 1.97. The van der Waals surface area contributed by atoms with Crippen molar-refractivity contribution in [1.29, 1.82) is 0 Å². The number of rotatable bonds is 0. The standard InChI is InChI=1S/C5H7N3O3/c9-4-6-2-1-3(7-4)8-5(10)11/h1-2H2,(H,10,11)(H2,6,7,8,9). The van der Waals surface area contributed by atoms with Crippen LogP contribution < -0.4 is 10.6 Å². The molecule has 0 aliphatic carbocycles. The molecule has 0 aromatic carbocycles. The first-order valence-corrected chi connectivity index (χ1v) is 3.04. The average molecular weight is 157 g/mol. The number of amides is 3. The average Bonchev–Trinajstić information content (AvgIpc) is 1.85. The SMILES string of the molecule is O=C(O)NC1=NC(=O)NCC1. The van der Waals surface area contributed by atoms with E-state index in [9.17, 15) is 9.59 Å². The number of hydrogen-bond donors (Lipinski definition) is 3. The predicted octanol–water partition coefficient (Wildman–Crippen LogP) is -0.234. The fourth-order valence-corrected chi connectivity index (χ4v) is 0.720. The van der Waals surface area contributed by atoms with Crippen LogP contribution in [0.1, 0.15) is 6.42 Å². The zero-order valence-corrected chi connectivity index (χ0v) is 5.63. The molecular formula is C5H7N3O3. The first-order valence-electron chi connectivity index (χ1n) is 3.04. The van der Waals surface area contributed by atoms with E-state index in [1.165, 1.54) is 0 Å². The second kappa shape index (κ2) is 3.00. The molecule has 0 saturated carbocycles. The van der Waals surface area contributed by atoms with E-state index in [2.05, 4.69) is 10.3 Å². The summed E-state index contributed by atoms with van der Waals surface area (Å²) in [5.41, 5.74) is 0. The van der Waals surface area contributed by atoms with Crippen LogP contribution in [-0.2, 0) is 0 Å².